The van der Waals surface area contributed by atoms with Gasteiger partial charge >= 0.3 is 0 Å². The van der Waals surface area contributed by atoms with Gasteiger partial charge in [-0.1, -0.05) is 103 Å². The smallest absolute Gasteiger partial charge is 0.0553 e. The van der Waals surface area contributed by atoms with Crippen molar-refractivity contribution in [3.63, 3.8) is 0 Å². The van der Waals surface area contributed by atoms with Gasteiger partial charge in [-0.15, -0.1) is 0 Å². The highest BCUT2D eigenvalue weighted by Crippen LogP contribution is 2.43. The van der Waals surface area contributed by atoms with Crippen molar-refractivity contribution in [1.29, 1.82) is 0 Å². The van der Waals surface area contributed by atoms with E-state index < -0.39 is 0 Å². The summed E-state index contributed by atoms with van der Waals surface area (Å²) in [4.78, 5) is 0. The molecule has 0 spiro atoms. The van der Waals surface area contributed by atoms with Crippen LogP contribution < -0.4 is 0 Å². The number of fused-ring (bicyclic) bond motifs is 1. The van der Waals surface area contributed by atoms with E-state index in [2.05, 4.69) is 144 Å². The highest BCUT2D eigenvalue weighted by Gasteiger charge is 2.19. The highest BCUT2D eigenvalue weighted by molar-refractivity contribution is 6.26. The fourth-order valence-corrected chi connectivity index (χ4v) is 6.05. The molecule has 0 fully saturated rings. The van der Waals surface area contributed by atoms with E-state index in [0.29, 0.717) is 0 Å². The molecular weight excluding hydrogens is 446 g/mol. The molecule has 8 aromatic rings. The van der Waals surface area contributed by atoms with Gasteiger partial charge in [0.15, 0.2) is 0 Å². The minimum absolute atomic E-state index is 1.18. The first-order valence-electron chi connectivity index (χ1n) is 12.8. The summed E-state index contributed by atoms with van der Waals surface area (Å²) in [5, 5.41) is 7.77. The van der Waals surface area contributed by atoms with Crippen LogP contribution in [-0.4, -0.2) is 4.57 Å². The van der Waals surface area contributed by atoms with Crippen LogP contribution in [0.15, 0.2) is 140 Å². The quantitative estimate of drug-likeness (QED) is 0.227. The Balaban J connectivity index is 1.52. The van der Waals surface area contributed by atoms with Crippen LogP contribution in [0.2, 0.25) is 0 Å². The molecule has 0 aliphatic carbocycles. The summed E-state index contributed by atoms with van der Waals surface area (Å²) < 4.78 is 2.45. The average Bonchev–Trinajstić information content (AvgIpc) is 3.31. The van der Waals surface area contributed by atoms with E-state index in [9.17, 15) is 0 Å². The van der Waals surface area contributed by atoms with E-state index in [1.165, 1.54) is 71.3 Å². The molecule has 0 N–H and O–H groups in total. The van der Waals surface area contributed by atoms with Crippen LogP contribution in [0.1, 0.15) is 0 Å². The van der Waals surface area contributed by atoms with E-state index in [4.69, 9.17) is 0 Å². The van der Waals surface area contributed by atoms with Gasteiger partial charge in [0.05, 0.1) is 11.0 Å². The van der Waals surface area contributed by atoms with Gasteiger partial charge in [0, 0.05) is 16.5 Å². The number of benzene rings is 7. The summed E-state index contributed by atoms with van der Waals surface area (Å²) in [5.74, 6) is 0. The maximum Gasteiger partial charge on any atom is 0.0553 e. The van der Waals surface area contributed by atoms with Gasteiger partial charge in [-0.05, 0) is 80.2 Å². The van der Waals surface area contributed by atoms with Crippen molar-refractivity contribution >= 4 is 43.4 Å². The normalized spacial score (nSPS) is 11.8. The molecule has 1 aromatic heterocycles. The maximum absolute atomic E-state index is 2.45. The first-order valence-corrected chi connectivity index (χ1v) is 12.8. The second kappa shape index (κ2) is 7.81. The molecule has 1 heterocycles. The lowest BCUT2D eigenvalue weighted by Crippen LogP contribution is -1.94. The predicted octanol–water partition coefficient (Wildman–Crippen LogP) is 9.86. The summed E-state index contributed by atoms with van der Waals surface area (Å²) in [6.45, 7) is 0. The lowest BCUT2D eigenvalue weighted by molar-refractivity contribution is 1.18. The monoisotopic (exact) mass is 469 g/mol. The largest absolute Gasteiger partial charge is 0.309 e. The van der Waals surface area contributed by atoms with Crippen molar-refractivity contribution in [2.75, 3.05) is 0 Å². The number of hydrogen-bond acceptors (Lipinski definition) is 0. The molecule has 0 radical (unpaired) electrons. The number of para-hydroxylation sites is 1. The minimum atomic E-state index is 1.18. The van der Waals surface area contributed by atoms with Crippen LogP contribution in [0.4, 0.5) is 0 Å². The van der Waals surface area contributed by atoms with Gasteiger partial charge in [-0.2, -0.15) is 0 Å². The lowest BCUT2D eigenvalue weighted by atomic mass is 9.93. The first-order chi connectivity index (χ1) is 18.3. The maximum atomic E-state index is 2.45. The molecule has 0 unspecified atom stereocenters. The average molecular weight is 470 g/mol. The lowest BCUT2D eigenvalue weighted by Gasteiger charge is -2.11. The van der Waals surface area contributed by atoms with E-state index in [-0.39, 0.29) is 0 Å². The molecule has 0 bridgehead atoms. The topological polar surface area (TPSA) is 4.93 Å². The summed E-state index contributed by atoms with van der Waals surface area (Å²) in [6.07, 6.45) is 0. The zero-order chi connectivity index (χ0) is 24.3. The van der Waals surface area contributed by atoms with Gasteiger partial charge in [-0.25, -0.2) is 0 Å². The Morgan fingerprint density at radius 1 is 0.378 bits per heavy atom. The number of hydrogen-bond donors (Lipinski definition) is 0. The van der Waals surface area contributed by atoms with Gasteiger partial charge in [0.1, 0.15) is 0 Å². The number of aromatic nitrogens is 1. The fourth-order valence-electron chi connectivity index (χ4n) is 6.05. The third-order valence-corrected chi connectivity index (χ3v) is 7.69. The van der Waals surface area contributed by atoms with Crippen molar-refractivity contribution < 1.29 is 0 Å². The molecule has 172 valence electrons. The second-order valence-electron chi connectivity index (χ2n) is 9.82. The van der Waals surface area contributed by atoms with Crippen LogP contribution in [0.5, 0.6) is 0 Å². The van der Waals surface area contributed by atoms with Gasteiger partial charge in [0.25, 0.3) is 0 Å². The molecule has 7 aromatic carbocycles. The molecular formula is C36H23N. The van der Waals surface area contributed by atoms with E-state index in [1.54, 1.807) is 0 Å². The molecule has 0 saturated carbocycles. The minimum Gasteiger partial charge on any atom is -0.309 e. The zero-order valence-corrected chi connectivity index (χ0v) is 20.2. The Morgan fingerprint density at radius 3 is 1.73 bits per heavy atom. The number of nitrogens with zero attached hydrogens (tertiary/aromatic N) is 1. The molecule has 0 saturated heterocycles. The van der Waals surface area contributed by atoms with Gasteiger partial charge < -0.3 is 4.57 Å². The van der Waals surface area contributed by atoms with Crippen molar-refractivity contribution in [2.24, 2.45) is 0 Å². The van der Waals surface area contributed by atoms with Crippen LogP contribution in [0.3, 0.4) is 0 Å². The summed E-state index contributed by atoms with van der Waals surface area (Å²) in [6, 6.07) is 50.8. The van der Waals surface area contributed by atoms with Crippen LogP contribution in [0, 0.1) is 0 Å². The summed E-state index contributed by atoms with van der Waals surface area (Å²) in [7, 11) is 0. The SMILES string of the molecule is c1ccc(-c2cc3ccc4cc(-c5cccc6ccccc56)cc5c4c3c(c2)n5-c2ccccc2)cc1. The zero-order valence-electron chi connectivity index (χ0n) is 20.2. The Labute approximate surface area is 215 Å². The van der Waals surface area contributed by atoms with Gasteiger partial charge in [0.2, 0.25) is 0 Å². The predicted molar refractivity (Wildman–Crippen MR) is 158 cm³/mol. The van der Waals surface area contributed by atoms with Crippen molar-refractivity contribution in [3.8, 4) is 27.9 Å². The van der Waals surface area contributed by atoms with Crippen molar-refractivity contribution in [3.05, 3.63) is 140 Å². The first kappa shape index (κ1) is 20.3. The molecule has 37 heavy (non-hydrogen) atoms. The van der Waals surface area contributed by atoms with E-state index in [0.717, 1.165) is 0 Å². The molecule has 0 aliphatic rings. The van der Waals surface area contributed by atoms with Gasteiger partial charge in [-0.3, -0.25) is 0 Å². The van der Waals surface area contributed by atoms with Crippen molar-refractivity contribution in [1.82, 2.24) is 4.57 Å². The van der Waals surface area contributed by atoms with E-state index >= 15 is 0 Å². The molecule has 1 heteroatoms. The standard InChI is InChI=1S/C36H23N/c1-3-10-24(11-4-1)28-20-26-18-19-27-21-29(32-17-9-13-25-12-7-8-16-31(25)32)23-34-36(27)35(26)33(22-28)37(34)30-14-5-2-6-15-30/h1-23H. The summed E-state index contributed by atoms with van der Waals surface area (Å²) in [5.41, 5.74) is 8.67. The molecule has 1 nitrogen and oxygen atoms in total. The molecule has 0 atom stereocenters. The Hall–Kier alpha value is -4.88. The highest BCUT2D eigenvalue weighted by atomic mass is 15.0. The van der Waals surface area contributed by atoms with Crippen LogP contribution >= 0.6 is 0 Å². The Morgan fingerprint density at radius 2 is 0.973 bits per heavy atom. The molecule has 0 amide bonds. The third kappa shape index (κ3) is 3.04. The Bertz CT molecular complexity index is 2060. The van der Waals surface area contributed by atoms with E-state index in [1.807, 2.05) is 0 Å². The Kier molecular flexibility index (Phi) is 4.29. The number of rotatable bonds is 3. The molecule has 0 aliphatic heterocycles. The van der Waals surface area contributed by atoms with Crippen LogP contribution in [-0.2, 0) is 0 Å². The molecule has 8 rings (SSSR count). The van der Waals surface area contributed by atoms with Crippen molar-refractivity contribution in [2.45, 2.75) is 0 Å². The fraction of sp³-hybridized carbons (Fsp3) is 0. The van der Waals surface area contributed by atoms with Crippen LogP contribution in [0.25, 0.3) is 71.3 Å². The second-order valence-corrected chi connectivity index (χ2v) is 9.82. The summed E-state index contributed by atoms with van der Waals surface area (Å²) >= 11 is 0. The third-order valence-electron chi connectivity index (χ3n) is 7.69.